The lowest BCUT2D eigenvalue weighted by atomic mass is 10.1. The highest BCUT2D eigenvalue weighted by Crippen LogP contribution is 2.03. The number of carboxylic acid groups (broad SMARTS) is 1. The number of nitrogens with one attached hydrogen (secondary N) is 3. The molecule has 0 saturated heterocycles. The summed E-state index contributed by atoms with van der Waals surface area (Å²) in [5.41, 5.74) is 5.38. The number of aliphatic hydroxyl groups is 1. The van der Waals surface area contributed by atoms with Gasteiger partial charge >= 0.3 is 5.97 Å². The quantitative estimate of drug-likeness (QED) is 0.174. The molecule has 0 bridgehead atoms. The summed E-state index contributed by atoms with van der Waals surface area (Å²) < 4.78 is 0. The van der Waals surface area contributed by atoms with Gasteiger partial charge in [-0.2, -0.15) is 24.4 Å². The Morgan fingerprint density at radius 3 is 2.08 bits per heavy atom. The Morgan fingerprint density at radius 1 is 1.08 bits per heavy atom. The Kier molecular flexibility index (Phi) is 12.1. The second-order valence-electron chi connectivity index (χ2n) is 5.44. The highest BCUT2D eigenvalue weighted by Gasteiger charge is 2.28. The van der Waals surface area contributed by atoms with Crippen molar-refractivity contribution in [2.24, 2.45) is 5.73 Å². The van der Waals surface area contributed by atoms with Crippen LogP contribution in [0.25, 0.3) is 0 Å². The summed E-state index contributed by atoms with van der Waals surface area (Å²) in [4.78, 5) is 47.1. The predicted molar refractivity (Wildman–Crippen MR) is 101 cm³/mol. The van der Waals surface area contributed by atoms with E-state index in [9.17, 15) is 19.2 Å². The number of thioether (sulfide) groups is 1. The molecule has 3 amide bonds. The number of hydrogen-bond donors (Lipinski definition) is 7. The van der Waals surface area contributed by atoms with Crippen LogP contribution in [-0.2, 0) is 19.2 Å². The number of aliphatic hydroxyl groups excluding tert-OH is 1. The summed E-state index contributed by atoms with van der Waals surface area (Å²) in [5.74, 6) is -2.75. The zero-order chi connectivity index (χ0) is 20.3. The molecule has 0 heterocycles. The minimum absolute atomic E-state index is 0.0574. The van der Waals surface area contributed by atoms with E-state index in [1.165, 1.54) is 18.7 Å². The van der Waals surface area contributed by atoms with Crippen molar-refractivity contribution >= 4 is 48.1 Å². The summed E-state index contributed by atoms with van der Waals surface area (Å²) in [6.45, 7) is 0.722. The van der Waals surface area contributed by atoms with Gasteiger partial charge < -0.3 is 31.9 Å². The largest absolute Gasteiger partial charge is 0.480 e. The van der Waals surface area contributed by atoms with Gasteiger partial charge in [0.15, 0.2) is 0 Å². The maximum atomic E-state index is 12.3. The summed E-state index contributed by atoms with van der Waals surface area (Å²) >= 11 is 5.45. The van der Waals surface area contributed by atoms with E-state index >= 15 is 0 Å². The standard InChI is InChI=1S/C14H26N4O6S2/c1-7(14(23)24)16-12(21)9(3-4-26-2)17-13(22)10(6-25)18-11(20)8(15)5-19/h7-10,19,25H,3-6,15H2,1-2H3,(H,16,21)(H,17,22)(H,18,20)(H,23,24). The van der Waals surface area contributed by atoms with Crippen molar-refractivity contribution < 1.29 is 29.4 Å². The molecule has 0 radical (unpaired) electrons. The fourth-order valence-electron chi connectivity index (χ4n) is 1.71. The average molecular weight is 411 g/mol. The van der Waals surface area contributed by atoms with Crippen LogP contribution in [0.1, 0.15) is 13.3 Å². The number of hydrogen-bond acceptors (Lipinski definition) is 8. The maximum Gasteiger partial charge on any atom is 0.325 e. The van der Waals surface area contributed by atoms with E-state index < -0.39 is 54.5 Å². The van der Waals surface area contributed by atoms with Crippen molar-refractivity contribution in [1.82, 2.24) is 16.0 Å². The molecule has 0 spiro atoms. The molecule has 0 saturated carbocycles. The molecule has 0 aliphatic carbocycles. The molecule has 0 rings (SSSR count). The van der Waals surface area contributed by atoms with Crippen LogP contribution in [0.5, 0.6) is 0 Å². The third-order valence-electron chi connectivity index (χ3n) is 3.32. The van der Waals surface area contributed by atoms with Crippen molar-refractivity contribution in [3.05, 3.63) is 0 Å². The molecule has 10 nitrogen and oxygen atoms in total. The second kappa shape index (κ2) is 12.8. The number of carbonyl (C=O) groups is 4. The smallest absolute Gasteiger partial charge is 0.325 e. The fraction of sp³-hybridized carbons (Fsp3) is 0.714. The lowest BCUT2D eigenvalue weighted by Gasteiger charge is -2.23. The Morgan fingerprint density at radius 2 is 1.62 bits per heavy atom. The SMILES string of the molecule is CSCCC(NC(=O)C(CS)NC(=O)C(N)CO)C(=O)NC(C)C(=O)O. The molecule has 0 aromatic heterocycles. The van der Waals surface area contributed by atoms with Crippen LogP contribution in [0.2, 0.25) is 0 Å². The Labute approximate surface area is 161 Å². The third kappa shape index (κ3) is 8.74. The van der Waals surface area contributed by atoms with Gasteiger partial charge in [-0.15, -0.1) is 0 Å². The maximum absolute atomic E-state index is 12.3. The van der Waals surface area contributed by atoms with Crippen LogP contribution in [0.3, 0.4) is 0 Å². The molecule has 0 aliphatic heterocycles. The number of amides is 3. The van der Waals surface area contributed by atoms with E-state index in [-0.39, 0.29) is 12.2 Å². The molecular weight excluding hydrogens is 384 g/mol. The molecule has 0 fully saturated rings. The molecule has 4 atom stereocenters. The van der Waals surface area contributed by atoms with Gasteiger partial charge in [-0.25, -0.2) is 0 Å². The van der Waals surface area contributed by atoms with E-state index in [1.807, 2.05) is 6.26 Å². The first-order chi connectivity index (χ1) is 12.2. The molecule has 12 heteroatoms. The van der Waals surface area contributed by atoms with Crippen LogP contribution in [-0.4, -0.2) is 82.4 Å². The second-order valence-corrected chi connectivity index (χ2v) is 6.79. The van der Waals surface area contributed by atoms with Crippen molar-refractivity contribution in [3.63, 3.8) is 0 Å². The van der Waals surface area contributed by atoms with Crippen LogP contribution < -0.4 is 21.7 Å². The number of carboxylic acids is 1. The van der Waals surface area contributed by atoms with Crippen molar-refractivity contribution in [1.29, 1.82) is 0 Å². The van der Waals surface area contributed by atoms with Gasteiger partial charge in [0.25, 0.3) is 0 Å². The average Bonchev–Trinajstić information content (AvgIpc) is 2.61. The van der Waals surface area contributed by atoms with Crippen LogP contribution >= 0.6 is 24.4 Å². The van der Waals surface area contributed by atoms with Gasteiger partial charge in [0.2, 0.25) is 17.7 Å². The number of thiol groups is 1. The number of nitrogens with two attached hydrogens (primary N) is 1. The Bertz CT molecular complexity index is 508. The summed E-state index contributed by atoms with van der Waals surface area (Å²) in [7, 11) is 0. The van der Waals surface area contributed by atoms with E-state index in [2.05, 4.69) is 28.6 Å². The van der Waals surface area contributed by atoms with E-state index in [0.29, 0.717) is 5.75 Å². The molecule has 0 aromatic carbocycles. The first-order valence-corrected chi connectivity index (χ1v) is 9.80. The van der Waals surface area contributed by atoms with Crippen LogP contribution in [0, 0.1) is 0 Å². The van der Waals surface area contributed by atoms with E-state index in [4.69, 9.17) is 15.9 Å². The molecule has 26 heavy (non-hydrogen) atoms. The van der Waals surface area contributed by atoms with Gasteiger partial charge in [0.05, 0.1) is 6.61 Å². The van der Waals surface area contributed by atoms with E-state index in [0.717, 1.165) is 0 Å². The molecular formula is C14H26N4O6S2. The zero-order valence-electron chi connectivity index (χ0n) is 14.6. The van der Waals surface area contributed by atoms with Gasteiger partial charge in [0, 0.05) is 5.75 Å². The Hall–Kier alpha value is -1.50. The predicted octanol–water partition coefficient (Wildman–Crippen LogP) is -2.45. The van der Waals surface area contributed by atoms with Crippen molar-refractivity contribution in [2.75, 3.05) is 24.4 Å². The first-order valence-electron chi connectivity index (χ1n) is 7.78. The molecule has 0 aliphatic rings. The van der Waals surface area contributed by atoms with Gasteiger partial charge in [-0.1, -0.05) is 0 Å². The normalized spacial score (nSPS) is 15.3. The number of aliphatic carboxylic acids is 1. The summed E-state index contributed by atoms with van der Waals surface area (Å²) in [6, 6.07) is -4.33. The van der Waals surface area contributed by atoms with Crippen molar-refractivity contribution in [3.8, 4) is 0 Å². The third-order valence-corrected chi connectivity index (χ3v) is 4.33. The molecule has 0 aromatic rings. The van der Waals surface area contributed by atoms with Gasteiger partial charge in [-0.3, -0.25) is 19.2 Å². The van der Waals surface area contributed by atoms with Crippen molar-refractivity contribution in [2.45, 2.75) is 37.5 Å². The van der Waals surface area contributed by atoms with Crippen LogP contribution in [0.15, 0.2) is 0 Å². The van der Waals surface area contributed by atoms with E-state index in [1.54, 1.807) is 0 Å². The first kappa shape index (κ1) is 24.5. The summed E-state index contributed by atoms with van der Waals surface area (Å²) in [5, 5.41) is 24.9. The monoisotopic (exact) mass is 410 g/mol. The minimum atomic E-state index is -1.20. The lowest BCUT2D eigenvalue weighted by molar-refractivity contribution is -0.141. The Balaban J connectivity index is 4.99. The van der Waals surface area contributed by atoms with Crippen LogP contribution in [0.4, 0.5) is 0 Å². The fourth-order valence-corrected chi connectivity index (χ4v) is 2.44. The molecule has 7 N–H and O–H groups in total. The minimum Gasteiger partial charge on any atom is -0.480 e. The highest BCUT2D eigenvalue weighted by atomic mass is 32.2. The number of rotatable bonds is 12. The van der Waals surface area contributed by atoms with Gasteiger partial charge in [-0.05, 0) is 25.4 Å². The lowest BCUT2D eigenvalue weighted by Crippen LogP contribution is -2.57. The molecule has 150 valence electrons. The highest BCUT2D eigenvalue weighted by molar-refractivity contribution is 7.98. The topological polar surface area (TPSA) is 171 Å². The zero-order valence-corrected chi connectivity index (χ0v) is 16.3. The number of carbonyl (C=O) groups excluding carboxylic acids is 3. The molecule has 4 unspecified atom stereocenters. The summed E-state index contributed by atoms with van der Waals surface area (Å²) in [6.07, 6.45) is 2.10. The van der Waals surface area contributed by atoms with Gasteiger partial charge in [0.1, 0.15) is 24.2 Å².